The highest BCUT2D eigenvalue weighted by atomic mass is 19.1. The molecule has 3 nitrogen and oxygen atoms in total. The zero-order valence-corrected chi connectivity index (χ0v) is 13.6. The van der Waals surface area contributed by atoms with Gasteiger partial charge in [-0.25, -0.2) is 4.39 Å². The Hall–Kier alpha value is -1.13. The highest BCUT2D eigenvalue weighted by Crippen LogP contribution is 2.30. The van der Waals surface area contributed by atoms with Gasteiger partial charge in [0.25, 0.3) is 0 Å². The summed E-state index contributed by atoms with van der Waals surface area (Å²) in [5, 5.41) is 3.34. The van der Waals surface area contributed by atoms with E-state index in [1.54, 1.807) is 13.0 Å². The molecular weight excluding hydrogens is 267 g/mol. The lowest BCUT2D eigenvalue weighted by atomic mass is 10.0. The van der Waals surface area contributed by atoms with E-state index in [1.165, 1.54) is 0 Å². The highest BCUT2D eigenvalue weighted by Gasteiger charge is 2.21. The summed E-state index contributed by atoms with van der Waals surface area (Å²) in [5.74, 6) is 0.669. The lowest BCUT2D eigenvalue weighted by Gasteiger charge is -2.30. The number of nitrogens with zero attached hydrogens (tertiary/aromatic N) is 1. The van der Waals surface area contributed by atoms with E-state index in [2.05, 4.69) is 31.1 Å². The van der Waals surface area contributed by atoms with Crippen LogP contribution in [-0.2, 0) is 0 Å². The molecule has 0 spiro atoms. The van der Waals surface area contributed by atoms with E-state index >= 15 is 0 Å². The lowest BCUT2D eigenvalue weighted by Crippen LogP contribution is -2.36. The Labute approximate surface area is 127 Å². The van der Waals surface area contributed by atoms with Crippen molar-refractivity contribution in [1.82, 2.24) is 10.2 Å². The Balaban J connectivity index is 2.18. The van der Waals surface area contributed by atoms with Crippen molar-refractivity contribution < 1.29 is 9.13 Å². The van der Waals surface area contributed by atoms with Crippen molar-refractivity contribution in [3.8, 4) is 5.75 Å². The third kappa shape index (κ3) is 4.17. The van der Waals surface area contributed by atoms with Gasteiger partial charge in [0.1, 0.15) is 17.7 Å². The molecule has 0 radical (unpaired) electrons. The third-order valence-corrected chi connectivity index (χ3v) is 4.23. The van der Waals surface area contributed by atoms with Gasteiger partial charge in [0, 0.05) is 24.7 Å². The van der Waals surface area contributed by atoms with Crippen molar-refractivity contribution in [2.24, 2.45) is 0 Å². The van der Waals surface area contributed by atoms with E-state index in [4.69, 9.17) is 4.74 Å². The van der Waals surface area contributed by atoms with Gasteiger partial charge in [0.2, 0.25) is 0 Å². The average molecular weight is 294 g/mol. The molecule has 1 heterocycles. The SMILES string of the molecule is CCNC(C)c1cc(F)c(C)cc1OC1CCN(C)CC1. The van der Waals surface area contributed by atoms with Crippen LogP contribution in [0.5, 0.6) is 5.75 Å². The third-order valence-electron chi connectivity index (χ3n) is 4.23. The van der Waals surface area contributed by atoms with Crippen LogP contribution in [-0.4, -0.2) is 37.7 Å². The molecule has 1 unspecified atom stereocenters. The number of hydrogen-bond acceptors (Lipinski definition) is 3. The van der Waals surface area contributed by atoms with Crippen molar-refractivity contribution in [1.29, 1.82) is 0 Å². The van der Waals surface area contributed by atoms with Gasteiger partial charge >= 0.3 is 0 Å². The number of nitrogens with one attached hydrogen (secondary N) is 1. The lowest BCUT2D eigenvalue weighted by molar-refractivity contribution is 0.112. The molecule has 1 saturated heterocycles. The van der Waals surface area contributed by atoms with Crippen LogP contribution < -0.4 is 10.1 Å². The van der Waals surface area contributed by atoms with Gasteiger partial charge in [-0.15, -0.1) is 0 Å². The molecule has 0 saturated carbocycles. The summed E-state index contributed by atoms with van der Waals surface area (Å²) in [4.78, 5) is 2.32. The quantitative estimate of drug-likeness (QED) is 0.902. The van der Waals surface area contributed by atoms with Crippen LogP contribution >= 0.6 is 0 Å². The minimum absolute atomic E-state index is 0.0892. The molecule has 4 heteroatoms. The van der Waals surface area contributed by atoms with E-state index in [0.717, 1.165) is 43.8 Å². The van der Waals surface area contributed by atoms with Gasteiger partial charge in [-0.05, 0) is 58.0 Å². The second-order valence-corrected chi connectivity index (χ2v) is 6.04. The molecule has 21 heavy (non-hydrogen) atoms. The van der Waals surface area contributed by atoms with E-state index in [-0.39, 0.29) is 18.0 Å². The molecule has 1 aromatic carbocycles. The number of benzene rings is 1. The molecule has 1 N–H and O–H groups in total. The van der Waals surface area contributed by atoms with Gasteiger partial charge in [-0.2, -0.15) is 0 Å². The van der Waals surface area contributed by atoms with Crippen LogP contribution in [0.15, 0.2) is 12.1 Å². The largest absolute Gasteiger partial charge is 0.490 e. The molecule has 1 aliphatic heterocycles. The summed E-state index contributed by atoms with van der Waals surface area (Å²) >= 11 is 0. The molecular formula is C17H27FN2O. The Kier molecular flexibility index (Phi) is 5.59. The Morgan fingerprint density at radius 3 is 2.67 bits per heavy atom. The zero-order valence-electron chi connectivity index (χ0n) is 13.6. The summed E-state index contributed by atoms with van der Waals surface area (Å²) in [7, 11) is 2.14. The molecule has 0 bridgehead atoms. The van der Waals surface area contributed by atoms with Crippen molar-refractivity contribution >= 4 is 0 Å². The second kappa shape index (κ2) is 7.23. The number of halogens is 1. The van der Waals surface area contributed by atoms with Crippen LogP contribution in [0.3, 0.4) is 0 Å². The van der Waals surface area contributed by atoms with Crippen LogP contribution in [0.4, 0.5) is 4.39 Å². The molecule has 0 aliphatic carbocycles. The zero-order chi connectivity index (χ0) is 15.4. The number of piperidine rings is 1. The van der Waals surface area contributed by atoms with Crippen molar-refractivity contribution in [2.45, 2.75) is 45.8 Å². The van der Waals surface area contributed by atoms with Crippen molar-refractivity contribution in [2.75, 3.05) is 26.7 Å². The molecule has 118 valence electrons. The molecule has 1 atom stereocenters. The molecule has 0 amide bonds. The fourth-order valence-electron chi connectivity index (χ4n) is 2.81. The Morgan fingerprint density at radius 1 is 1.38 bits per heavy atom. The van der Waals surface area contributed by atoms with Crippen LogP contribution in [0.25, 0.3) is 0 Å². The van der Waals surface area contributed by atoms with Gasteiger partial charge in [-0.1, -0.05) is 6.92 Å². The summed E-state index contributed by atoms with van der Waals surface area (Å²) in [6.07, 6.45) is 2.29. The molecule has 1 fully saturated rings. The maximum atomic E-state index is 13.9. The Bertz CT molecular complexity index is 470. The van der Waals surface area contributed by atoms with Crippen LogP contribution in [0.2, 0.25) is 0 Å². The molecule has 1 aromatic rings. The summed E-state index contributed by atoms with van der Waals surface area (Å²) in [5.41, 5.74) is 1.56. The normalized spacial score (nSPS) is 18.7. The monoisotopic (exact) mass is 294 g/mol. The fourth-order valence-corrected chi connectivity index (χ4v) is 2.81. The standard InChI is InChI=1S/C17H27FN2O/c1-5-19-13(3)15-11-16(18)12(2)10-17(15)21-14-6-8-20(4)9-7-14/h10-11,13-14,19H,5-9H2,1-4H3. The molecule has 1 aliphatic rings. The van der Waals surface area contributed by atoms with Crippen LogP contribution in [0.1, 0.15) is 43.9 Å². The van der Waals surface area contributed by atoms with Crippen molar-refractivity contribution in [3.63, 3.8) is 0 Å². The number of aryl methyl sites for hydroxylation is 1. The summed E-state index contributed by atoms with van der Waals surface area (Å²) in [6.45, 7) is 8.86. The minimum Gasteiger partial charge on any atom is -0.490 e. The van der Waals surface area contributed by atoms with E-state index in [9.17, 15) is 4.39 Å². The number of likely N-dealkylation sites (tertiary alicyclic amines) is 1. The molecule has 0 aromatic heterocycles. The second-order valence-electron chi connectivity index (χ2n) is 6.04. The van der Waals surface area contributed by atoms with Gasteiger partial charge < -0.3 is 15.0 Å². The predicted octanol–water partition coefficient (Wildman–Crippen LogP) is 3.28. The topological polar surface area (TPSA) is 24.5 Å². The fraction of sp³-hybridized carbons (Fsp3) is 0.647. The first kappa shape index (κ1) is 16.2. The van der Waals surface area contributed by atoms with E-state index in [0.29, 0.717) is 5.56 Å². The number of ether oxygens (including phenoxy) is 1. The predicted molar refractivity (Wildman–Crippen MR) is 84.4 cm³/mol. The first-order valence-corrected chi connectivity index (χ1v) is 7.90. The van der Waals surface area contributed by atoms with E-state index in [1.807, 2.05) is 6.07 Å². The number of rotatable bonds is 5. The molecule has 2 rings (SSSR count). The Morgan fingerprint density at radius 2 is 2.05 bits per heavy atom. The van der Waals surface area contributed by atoms with E-state index < -0.39 is 0 Å². The average Bonchev–Trinajstić information content (AvgIpc) is 2.45. The minimum atomic E-state index is -0.162. The van der Waals surface area contributed by atoms with Gasteiger partial charge in [0.15, 0.2) is 0 Å². The maximum Gasteiger partial charge on any atom is 0.126 e. The maximum absolute atomic E-state index is 13.9. The van der Waals surface area contributed by atoms with Crippen LogP contribution in [0, 0.1) is 12.7 Å². The van der Waals surface area contributed by atoms with Crippen molar-refractivity contribution in [3.05, 3.63) is 29.1 Å². The van der Waals surface area contributed by atoms with Gasteiger partial charge in [-0.3, -0.25) is 0 Å². The smallest absolute Gasteiger partial charge is 0.126 e. The summed E-state index contributed by atoms with van der Waals surface area (Å²) < 4.78 is 20.1. The highest BCUT2D eigenvalue weighted by molar-refractivity contribution is 5.40. The number of hydrogen-bond donors (Lipinski definition) is 1. The van der Waals surface area contributed by atoms with Gasteiger partial charge in [0.05, 0.1) is 0 Å². The first-order chi connectivity index (χ1) is 10.0. The first-order valence-electron chi connectivity index (χ1n) is 7.90. The summed E-state index contributed by atoms with van der Waals surface area (Å²) in [6, 6.07) is 3.55.